The highest BCUT2D eigenvalue weighted by molar-refractivity contribution is 5.84. The number of piperidine rings is 1. The average molecular weight is 381 g/mol. The van der Waals surface area contributed by atoms with E-state index in [9.17, 15) is 18.7 Å². The van der Waals surface area contributed by atoms with Gasteiger partial charge in [-0.2, -0.15) is 0 Å². The van der Waals surface area contributed by atoms with Gasteiger partial charge in [0.2, 0.25) is 5.91 Å². The highest BCUT2D eigenvalue weighted by Crippen LogP contribution is 2.30. The number of halogens is 2. The second kappa shape index (κ2) is 7.52. The van der Waals surface area contributed by atoms with E-state index in [0.29, 0.717) is 37.0 Å². The van der Waals surface area contributed by atoms with Gasteiger partial charge in [-0.25, -0.2) is 13.8 Å². The lowest BCUT2D eigenvalue weighted by Crippen LogP contribution is -2.50. The molecule has 3 rings (SSSR count). The monoisotopic (exact) mass is 381 g/mol. The highest BCUT2D eigenvalue weighted by Gasteiger charge is 2.37. The van der Waals surface area contributed by atoms with Crippen LogP contribution in [0.4, 0.5) is 8.78 Å². The van der Waals surface area contributed by atoms with Crippen LogP contribution in [0.15, 0.2) is 18.5 Å². The summed E-state index contributed by atoms with van der Waals surface area (Å²) in [5, 5.41) is 10.4. The maximum Gasteiger partial charge on any atom is 0.245 e. The molecule has 6 nitrogen and oxygen atoms in total. The van der Waals surface area contributed by atoms with Gasteiger partial charge < -0.3 is 19.3 Å². The smallest absolute Gasteiger partial charge is 0.245 e. The number of aliphatic hydroxyl groups is 1. The van der Waals surface area contributed by atoms with Gasteiger partial charge in [-0.15, -0.1) is 0 Å². The van der Waals surface area contributed by atoms with Crippen molar-refractivity contribution in [2.24, 2.45) is 5.92 Å². The minimum Gasteiger partial charge on any atom is -0.387 e. The van der Waals surface area contributed by atoms with Crippen molar-refractivity contribution in [2.45, 2.75) is 38.3 Å². The van der Waals surface area contributed by atoms with Crippen LogP contribution in [0.3, 0.4) is 0 Å². The first kappa shape index (κ1) is 19.7. The Balaban J connectivity index is 1.87. The lowest BCUT2D eigenvalue weighted by molar-refractivity contribution is -0.142. The second-order valence-electron chi connectivity index (χ2n) is 7.58. The van der Waals surface area contributed by atoms with Crippen LogP contribution in [-0.2, 0) is 9.53 Å². The van der Waals surface area contributed by atoms with Crippen LogP contribution >= 0.6 is 0 Å². The molecule has 0 bridgehead atoms. The number of aromatic nitrogens is 2. The summed E-state index contributed by atoms with van der Waals surface area (Å²) in [6.45, 7) is 4.87. The molecule has 1 aromatic carbocycles. The molecule has 8 heteroatoms. The zero-order chi connectivity index (χ0) is 19.8. The maximum atomic E-state index is 13.7. The SMILES string of the molecule is COCC1(O)CCN(C(=O)[C@@H](C(C)C)n2cnc3cc(F)c(F)cc32)CC1. The lowest BCUT2D eigenvalue weighted by atomic mass is 9.91. The Morgan fingerprint density at radius 3 is 2.52 bits per heavy atom. The third kappa shape index (κ3) is 3.82. The molecule has 2 aromatic rings. The van der Waals surface area contributed by atoms with E-state index in [1.54, 1.807) is 9.47 Å². The number of likely N-dealkylation sites (tertiary alicyclic amines) is 1. The fourth-order valence-corrected chi connectivity index (χ4v) is 3.71. The average Bonchev–Trinajstić information content (AvgIpc) is 2.98. The molecule has 0 unspecified atom stereocenters. The van der Waals surface area contributed by atoms with Gasteiger partial charge in [-0.05, 0) is 18.8 Å². The van der Waals surface area contributed by atoms with Crippen LogP contribution in [0.5, 0.6) is 0 Å². The van der Waals surface area contributed by atoms with Gasteiger partial charge >= 0.3 is 0 Å². The maximum absolute atomic E-state index is 13.7. The van der Waals surface area contributed by atoms with E-state index >= 15 is 0 Å². The summed E-state index contributed by atoms with van der Waals surface area (Å²) in [5.74, 6) is -2.13. The van der Waals surface area contributed by atoms with Gasteiger partial charge in [0.1, 0.15) is 6.04 Å². The van der Waals surface area contributed by atoms with E-state index in [4.69, 9.17) is 4.74 Å². The van der Waals surface area contributed by atoms with Crippen LogP contribution in [0, 0.1) is 17.6 Å². The number of ether oxygens (including phenoxy) is 1. The molecular weight excluding hydrogens is 356 g/mol. The van der Waals surface area contributed by atoms with Gasteiger partial charge in [-0.3, -0.25) is 4.79 Å². The molecule has 1 aliphatic rings. The molecule has 148 valence electrons. The standard InChI is InChI=1S/C19H25F2N3O3/c1-12(2)17(18(25)23-6-4-19(26,5-7-23)10-27-3)24-11-22-15-8-13(20)14(21)9-16(15)24/h8-9,11-12,17,26H,4-7,10H2,1-3H3/t17-/m1/s1. The van der Waals surface area contributed by atoms with Crippen LogP contribution in [0.1, 0.15) is 32.7 Å². The number of carbonyl (C=O) groups is 1. The summed E-state index contributed by atoms with van der Waals surface area (Å²) in [4.78, 5) is 19.0. The third-order valence-corrected chi connectivity index (χ3v) is 5.22. The molecule has 1 saturated heterocycles. The topological polar surface area (TPSA) is 67.6 Å². The number of imidazole rings is 1. The van der Waals surface area contributed by atoms with E-state index in [-0.39, 0.29) is 18.4 Å². The molecule has 1 atom stereocenters. The van der Waals surface area contributed by atoms with Crippen molar-refractivity contribution >= 4 is 16.9 Å². The minimum absolute atomic E-state index is 0.0807. The molecule has 27 heavy (non-hydrogen) atoms. The van der Waals surface area contributed by atoms with E-state index in [0.717, 1.165) is 12.1 Å². The van der Waals surface area contributed by atoms with Crippen molar-refractivity contribution in [1.82, 2.24) is 14.5 Å². The first-order valence-electron chi connectivity index (χ1n) is 9.07. The number of methoxy groups -OCH3 is 1. The van der Waals surface area contributed by atoms with Crippen LogP contribution in [0.25, 0.3) is 11.0 Å². The van der Waals surface area contributed by atoms with E-state index in [2.05, 4.69) is 4.98 Å². The Bertz CT molecular complexity index is 829. The number of amides is 1. The van der Waals surface area contributed by atoms with Gasteiger partial charge in [-0.1, -0.05) is 13.8 Å². The summed E-state index contributed by atoms with van der Waals surface area (Å²) in [6, 6.07) is 1.52. The van der Waals surface area contributed by atoms with Gasteiger partial charge in [0.15, 0.2) is 11.6 Å². The van der Waals surface area contributed by atoms with Crippen molar-refractivity contribution in [3.05, 3.63) is 30.1 Å². The highest BCUT2D eigenvalue weighted by atomic mass is 19.2. The van der Waals surface area contributed by atoms with Crippen LogP contribution < -0.4 is 0 Å². The van der Waals surface area contributed by atoms with Gasteiger partial charge in [0, 0.05) is 32.3 Å². The lowest BCUT2D eigenvalue weighted by Gasteiger charge is -2.39. The number of hydrogen-bond donors (Lipinski definition) is 1. The van der Waals surface area contributed by atoms with Crippen molar-refractivity contribution in [1.29, 1.82) is 0 Å². The fraction of sp³-hybridized carbons (Fsp3) is 0.579. The molecule has 0 radical (unpaired) electrons. The zero-order valence-electron chi connectivity index (χ0n) is 15.8. The molecule has 1 N–H and O–H groups in total. The third-order valence-electron chi connectivity index (χ3n) is 5.22. The molecule has 2 heterocycles. The van der Waals surface area contributed by atoms with E-state index in [1.807, 2.05) is 13.8 Å². The van der Waals surface area contributed by atoms with Crippen molar-refractivity contribution in [3.8, 4) is 0 Å². The minimum atomic E-state index is -0.971. The fourth-order valence-electron chi connectivity index (χ4n) is 3.71. The molecule has 1 amide bonds. The van der Waals surface area contributed by atoms with Crippen molar-refractivity contribution in [2.75, 3.05) is 26.8 Å². The van der Waals surface area contributed by atoms with Crippen LogP contribution in [-0.4, -0.2) is 57.9 Å². The summed E-state index contributed by atoms with van der Waals surface area (Å²) in [5.41, 5.74) is -0.226. The number of fused-ring (bicyclic) bond motifs is 1. The quantitative estimate of drug-likeness (QED) is 0.864. The number of nitrogens with zero attached hydrogens (tertiary/aromatic N) is 3. The summed E-state index contributed by atoms with van der Waals surface area (Å²) < 4.78 is 33.9. The number of carbonyl (C=O) groups excluding carboxylic acids is 1. The summed E-state index contributed by atoms with van der Waals surface area (Å²) in [6.07, 6.45) is 2.32. The molecule has 1 aromatic heterocycles. The second-order valence-corrected chi connectivity index (χ2v) is 7.58. The van der Waals surface area contributed by atoms with Crippen LogP contribution in [0.2, 0.25) is 0 Å². The van der Waals surface area contributed by atoms with E-state index in [1.165, 1.54) is 13.4 Å². The van der Waals surface area contributed by atoms with Crippen molar-refractivity contribution < 1.29 is 23.4 Å². The number of hydrogen-bond acceptors (Lipinski definition) is 4. The molecule has 1 fully saturated rings. The predicted molar refractivity (Wildman–Crippen MR) is 96.2 cm³/mol. The normalized spacial score (nSPS) is 18.3. The first-order chi connectivity index (χ1) is 12.8. The first-order valence-corrected chi connectivity index (χ1v) is 9.07. The molecule has 1 aliphatic heterocycles. The van der Waals surface area contributed by atoms with Gasteiger partial charge in [0.25, 0.3) is 0 Å². The molecule has 0 saturated carbocycles. The largest absolute Gasteiger partial charge is 0.387 e. The Kier molecular flexibility index (Phi) is 5.48. The number of rotatable bonds is 5. The summed E-state index contributed by atoms with van der Waals surface area (Å²) in [7, 11) is 1.54. The molecular formula is C19H25F2N3O3. The predicted octanol–water partition coefficient (Wildman–Crippen LogP) is 2.51. The Morgan fingerprint density at radius 2 is 1.93 bits per heavy atom. The summed E-state index contributed by atoms with van der Waals surface area (Å²) >= 11 is 0. The van der Waals surface area contributed by atoms with E-state index < -0.39 is 23.3 Å². The van der Waals surface area contributed by atoms with Gasteiger partial charge in [0.05, 0.1) is 29.6 Å². The Hall–Kier alpha value is -2.06. The molecule has 0 aliphatic carbocycles. The Morgan fingerprint density at radius 1 is 1.30 bits per heavy atom. The zero-order valence-corrected chi connectivity index (χ0v) is 15.8. The Labute approximate surface area is 156 Å². The molecule has 0 spiro atoms. The van der Waals surface area contributed by atoms with Crippen molar-refractivity contribution in [3.63, 3.8) is 0 Å². The number of benzene rings is 1.